The van der Waals surface area contributed by atoms with Gasteiger partial charge >= 0.3 is 5.97 Å². The van der Waals surface area contributed by atoms with Crippen LogP contribution >= 0.6 is 23.2 Å². The molecule has 3 rings (SSSR count). The quantitative estimate of drug-likeness (QED) is 0.406. The highest BCUT2D eigenvalue weighted by Gasteiger charge is 2.26. The van der Waals surface area contributed by atoms with Crippen LogP contribution in [0.4, 0.5) is 4.39 Å². The van der Waals surface area contributed by atoms with Crippen molar-refractivity contribution in [2.24, 2.45) is 0 Å². The van der Waals surface area contributed by atoms with Crippen molar-refractivity contribution >= 4 is 29.2 Å². The SMILES string of the molecule is Cc1onc(-c2c(F)cccc2Cl)c1C(=O)OCCOc1ccc(Cl)cc1. The number of rotatable bonds is 6. The molecule has 27 heavy (non-hydrogen) atoms. The molecule has 5 nitrogen and oxygen atoms in total. The summed E-state index contributed by atoms with van der Waals surface area (Å²) in [5.74, 6) is -0.526. The van der Waals surface area contributed by atoms with Gasteiger partial charge in [0.1, 0.15) is 41.8 Å². The minimum Gasteiger partial charge on any atom is -0.490 e. The van der Waals surface area contributed by atoms with Crippen molar-refractivity contribution in [1.29, 1.82) is 0 Å². The van der Waals surface area contributed by atoms with E-state index < -0.39 is 11.8 Å². The third-order valence-corrected chi connectivity index (χ3v) is 4.23. The van der Waals surface area contributed by atoms with E-state index in [1.54, 1.807) is 24.3 Å². The van der Waals surface area contributed by atoms with Gasteiger partial charge in [-0.3, -0.25) is 0 Å². The molecule has 1 heterocycles. The maximum atomic E-state index is 14.2. The Morgan fingerprint density at radius 3 is 2.59 bits per heavy atom. The van der Waals surface area contributed by atoms with Crippen molar-refractivity contribution in [2.45, 2.75) is 6.92 Å². The van der Waals surface area contributed by atoms with Crippen LogP contribution in [0.25, 0.3) is 11.3 Å². The van der Waals surface area contributed by atoms with Crippen molar-refractivity contribution < 1.29 is 23.2 Å². The van der Waals surface area contributed by atoms with Crippen LogP contribution in [0.3, 0.4) is 0 Å². The van der Waals surface area contributed by atoms with Gasteiger partial charge in [0, 0.05) is 5.02 Å². The molecule has 0 radical (unpaired) electrons. The maximum Gasteiger partial charge on any atom is 0.344 e. The minimum absolute atomic E-state index is 0.000723. The van der Waals surface area contributed by atoms with Crippen molar-refractivity contribution in [3.05, 3.63) is 69.7 Å². The smallest absolute Gasteiger partial charge is 0.344 e. The molecule has 0 atom stereocenters. The highest BCUT2D eigenvalue weighted by molar-refractivity contribution is 6.33. The Bertz CT molecular complexity index is 937. The lowest BCUT2D eigenvalue weighted by molar-refractivity contribution is 0.0449. The summed E-state index contributed by atoms with van der Waals surface area (Å²) in [7, 11) is 0. The molecule has 0 amide bonds. The number of hydrogen-bond donors (Lipinski definition) is 0. The van der Waals surface area contributed by atoms with Gasteiger partial charge in [-0.2, -0.15) is 0 Å². The van der Waals surface area contributed by atoms with Gasteiger partial charge in [-0.05, 0) is 43.3 Å². The fourth-order valence-corrected chi connectivity index (χ4v) is 2.78. The van der Waals surface area contributed by atoms with Crippen molar-refractivity contribution in [3.63, 3.8) is 0 Å². The summed E-state index contributed by atoms with van der Waals surface area (Å²) in [6, 6.07) is 11.0. The number of ether oxygens (including phenoxy) is 2. The average molecular weight is 410 g/mol. The van der Waals surface area contributed by atoms with E-state index in [0.717, 1.165) is 0 Å². The lowest BCUT2D eigenvalue weighted by Crippen LogP contribution is -2.13. The molecular weight excluding hydrogens is 396 g/mol. The maximum absolute atomic E-state index is 14.2. The Hall–Kier alpha value is -2.57. The summed E-state index contributed by atoms with van der Waals surface area (Å²) in [6.07, 6.45) is 0. The fourth-order valence-electron chi connectivity index (χ4n) is 2.40. The first-order chi connectivity index (χ1) is 13.0. The first kappa shape index (κ1) is 19.2. The number of hydrogen-bond acceptors (Lipinski definition) is 5. The van der Waals surface area contributed by atoms with Crippen LogP contribution in [0, 0.1) is 12.7 Å². The minimum atomic E-state index is -0.706. The van der Waals surface area contributed by atoms with Gasteiger partial charge in [0.2, 0.25) is 0 Å². The standard InChI is InChI=1S/C19H14Cl2FNO4/c1-11-16(18(23-27-11)17-14(21)3-2-4-15(17)22)19(24)26-10-9-25-13-7-5-12(20)6-8-13/h2-8H,9-10H2,1H3. The number of nitrogens with zero attached hydrogens (tertiary/aromatic N) is 1. The monoisotopic (exact) mass is 409 g/mol. The molecule has 0 saturated carbocycles. The Kier molecular flexibility index (Phi) is 5.98. The van der Waals surface area contributed by atoms with Crippen LogP contribution in [0.1, 0.15) is 16.1 Å². The summed E-state index contributed by atoms with van der Waals surface area (Å²) < 4.78 is 29.9. The fraction of sp³-hybridized carbons (Fsp3) is 0.158. The number of halogens is 3. The van der Waals surface area contributed by atoms with E-state index in [-0.39, 0.29) is 40.8 Å². The molecule has 0 N–H and O–H groups in total. The van der Waals surface area contributed by atoms with E-state index in [1.165, 1.54) is 25.1 Å². The summed E-state index contributed by atoms with van der Waals surface area (Å²) in [5.41, 5.74) is 0.00749. The number of esters is 1. The second kappa shape index (κ2) is 8.41. The zero-order chi connectivity index (χ0) is 19.4. The predicted molar refractivity (Wildman–Crippen MR) is 98.9 cm³/mol. The molecule has 140 valence electrons. The summed E-state index contributed by atoms with van der Waals surface area (Å²) in [5, 5.41) is 4.48. The van der Waals surface area contributed by atoms with Gasteiger partial charge in [-0.1, -0.05) is 34.4 Å². The summed E-state index contributed by atoms with van der Waals surface area (Å²) >= 11 is 11.9. The van der Waals surface area contributed by atoms with Gasteiger partial charge in [0.05, 0.1) is 10.6 Å². The highest BCUT2D eigenvalue weighted by atomic mass is 35.5. The van der Waals surface area contributed by atoms with Crippen molar-refractivity contribution in [1.82, 2.24) is 5.16 Å². The van der Waals surface area contributed by atoms with Crippen LogP contribution in [-0.4, -0.2) is 24.3 Å². The van der Waals surface area contributed by atoms with E-state index >= 15 is 0 Å². The molecule has 3 aromatic rings. The van der Waals surface area contributed by atoms with Crippen LogP contribution in [0.2, 0.25) is 10.0 Å². The molecule has 0 unspecified atom stereocenters. The van der Waals surface area contributed by atoms with E-state index in [1.807, 2.05) is 0 Å². The molecule has 1 aromatic heterocycles. The zero-order valence-electron chi connectivity index (χ0n) is 14.2. The predicted octanol–water partition coefficient (Wildman–Crippen LogP) is 5.33. The third-order valence-electron chi connectivity index (χ3n) is 3.67. The second-order valence-corrected chi connectivity index (χ2v) is 6.34. The number of carbonyl (C=O) groups is 1. The van der Waals surface area contributed by atoms with Gasteiger partial charge < -0.3 is 14.0 Å². The highest BCUT2D eigenvalue weighted by Crippen LogP contribution is 2.33. The molecule has 0 bridgehead atoms. The molecule has 0 fully saturated rings. The number of aryl methyl sites for hydroxylation is 1. The molecule has 8 heteroatoms. The van der Waals surface area contributed by atoms with Crippen LogP contribution in [0.5, 0.6) is 5.75 Å². The summed E-state index contributed by atoms with van der Waals surface area (Å²) in [6.45, 7) is 1.65. The Labute approximate surface area is 164 Å². The molecular formula is C19H14Cl2FNO4. The Morgan fingerprint density at radius 1 is 1.15 bits per heavy atom. The lowest BCUT2D eigenvalue weighted by Gasteiger charge is -2.08. The normalized spacial score (nSPS) is 10.7. The van der Waals surface area contributed by atoms with Gasteiger partial charge in [-0.15, -0.1) is 0 Å². The average Bonchev–Trinajstić information content (AvgIpc) is 3.01. The molecule has 0 aliphatic rings. The zero-order valence-corrected chi connectivity index (χ0v) is 15.7. The molecule has 2 aromatic carbocycles. The molecule has 0 aliphatic carbocycles. The third kappa shape index (κ3) is 4.40. The number of aromatic nitrogens is 1. The Morgan fingerprint density at radius 2 is 1.89 bits per heavy atom. The van der Waals surface area contributed by atoms with Gasteiger partial charge in [0.15, 0.2) is 0 Å². The second-order valence-electron chi connectivity index (χ2n) is 5.50. The Balaban J connectivity index is 1.68. The van der Waals surface area contributed by atoms with Crippen molar-refractivity contribution in [3.8, 4) is 17.0 Å². The van der Waals surface area contributed by atoms with E-state index in [2.05, 4.69) is 5.16 Å². The van der Waals surface area contributed by atoms with Crippen LogP contribution < -0.4 is 4.74 Å². The van der Waals surface area contributed by atoms with Crippen LogP contribution in [0.15, 0.2) is 47.0 Å². The first-order valence-corrected chi connectivity index (χ1v) is 8.69. The number of carbonyl (C=O) groups excluding carboxylic acids is 1. The molecule has 0 aliphatic heterocycles. The number of benzene rings is 2. The first-order valence-electron chi connectivity index (χ1n) is 7.93. The van der Waals surface area contributed by atoms with Crippen molar-refractivity contribution in [2.75, 3.05) is 13.2 Å². The van der Waals surface area contributed by atoms with E-state index in [4.69, 9.17) is 37.2 Å². The van der Waals surface area contributed by atoms with E-state index in [9.17, 15) is 9.18 Å². The lowest BCUT2D eigenvalue weighted by atomic mass is 10.1. The largest absolute Gasteiger partial charge is 0.490 e. The topological polar surface area (TPSA) is 61.6 Å². The van der Waals surface area contributed by atoms with Crippen LogP contribution in [-0.2, 0) is 4.74 Å². The van der Waals surface area contributed by atoms with E-state index in [0.29, 0.717) is 10.8 Å². The van der Waals surface area contributed by atoms with Gasteiger partial charge in [0.25, 0.3) is 0 Å². The molecule has 0 spiro atoms. The summed E-state index contributed by atoms with van der Waals surface area (Å²) in [4.78, 5) is 12.4. The molecule has 0 saturated heterocycles. The van der Waals surface area contributed by atoms with Gasteiger partial charge in [-0.25, -0.2) is 9.18 Å².